The number of hydrogen-bond acceptors (Lipinski definition) is 4. The maximum Gasteiger partial charge on any atom is 0.345 e. The zero-order chi connectivity index (χ0) is 14.0. The SMILES string of the molecule is Cc1c(C(N)=O)cnn1-c1cc(COC(F)F)[nH]n1. The molecule has 0 bridgehead atoms. The average Bonchev–Trinajstić information content (AvgIpc) is 2.92. The van der Waals surface area contributed by atoms with Crippen LogP contribution in [0, 0.1) is 6.92 Å². The fourth-order valence-electron chi connectivity index (χ4n) is 1.57. The van der Waals surface area contributed by atoms with Gasteiger partial charge in [0.05, 0.1) is 29.8 Å². The quantitative estimate of drug-likeness (QED) is 0.837. The fourth-order valence-corrected chi connectivity index (χ4v) is 1.57. The number of nitrogens with zero attached hydrogens (tertiary/aromatic N) is 3. The number of rotatable bonds is 5. The molecule has 9 heteroatoms. The van der Waals surface area contributed by atoms with Crippen LogP contribution in [0.15, 0.2) is 12.3 Å². The zero-order valence-electron chi connectivity index (χ0n) is 9.93. The molecule has 1 amide bonds. The van der Waals surface area contributed by atoms with Crippen LogP contribution in [-0.4, -0.2) is 32.5 Å². The predicted octanol–water partition coefficient (Wildman–Crippen LogP) is 0.742. The maximum atomic E-state index is 11.9. The Hall–Kier alpha value is -2.29. The van der Waals surface area contributed by atoms with Crippen LogP contribution in [0.1, 0.15) is 21.7 Å². The van der Waals surface area contributed by atoms with Crippen LogP contribution in [0.4, 0.5) is 8.78 Å². The van der Waals surface area contributed by atoms with Crippen molar-refractivity contribution in [2.75, 3.05) is 0 Å². The number of nitrogens with two attached hydrogens (primary N) is 1. The van der Waals surface area contributed by atoms with E-state index in [1.54, 1.807) is 6.92 Å². The highest BCUT2D eigenvalue weighted by atomic mass is 19.3. The highest BCUT2D eigenvalue weighted by Crippen LogP contribution is 2.13. The van der Waals surface area contributed by atoms with Gasteiger partial charge in [0, 0.05) is 6.07 Å². The van der Waals surface area contributed by atoms with Crippen LogP contribution >= 0.6 is 0 Å². The summed E-state index contributed by atoms with van der Waals surface area (Å²) in [7, 11) is 0. The number of primary amides is 1. The Kier molecular flexibility index (Phi) is 3.56. The summed E-state index contributed by atoms with van der Waals surface area (Å²) in [6.07, 6.45) is 1.32. The second-order valence-corrected chi connectivity index (χ2v) is 3.74. The van der Waals surface area contributed by atoms with Crippen molar-refractivity contribution in [2.45, 2.75) is 20.1 Å². The second-order valence-electron chi connectivity index (χ2n) is 3.74. The number of halogens is 2. The molecule has 0 spiro atoms. The first-order valence-electron chi connectivity index (χ1n) is 5.28. The van der Waals surface area contributed by atoms with Gasteiger partial charge in [-0.15, -0.1) is 0 Å². The summed E-state index contributed by atoms with van der Waals surface area (Å²) in [6, 6.07) is 1.49. The zero-order valence-corrected chi connectivity index (χ0v) is 9.93. The van der Waals surface area contributed by atoms with E-state index in [0.29, 0.717) is 17.2 Å². The van der Waals surface area contributed by atoms with Crippen LogP contribution in [-0.2, 0) is 11.3 Å². The van der Waals surface area contributed by atoms with Crippen molar-refractivity contribution in [2.24, 2.45) is 5.73 Å². The third-order valence-corrected chi connectivity index (χ3v) is 2.47. The first-order chi connectivity index (χ1) is 8.99. The van der Waals surface area contributed by atoms with E-state index in [1.165, 1.54) is 16.9 Å². The molecule has 0 aliphatic heterocycles. The number of aromatic nitrogens is 4. The van der Waals surface area contributed by atoms with E-state index < -0.39 is 12.5 Å². The van der Waals surface area contributed by atoms with E-state index in [1.807, 2.05) is 0 Å². The van der Waals surface area contributed by atoms with E-state index in [9.17, 15) is 13.6 Å². The topological polar surface area (TPSA) is 98.8 Å². The monoisotopic (exact) mass is 271 g/mol. The molecule has 0 unspecified atom stereocenters. The molecular weight excluding hydrogens is 260 g/mol. The summed E-state index contributed by atoms with van der Waals surface area (Å²) in [5, 5.41) is 10.4. The summed E-state index contributed by atoms with van der Waals surface area (Å²) in [5.74, 6) is -0.238. The molecule has 0 radical (unpaired) electrons. The van der Waals surface area contributed by atoms with Gasteiger partial charge in [0.1, 0.15) is 0 Å². The third kappa shape index (κ3) is 2.76. The Morgan fingerprint density at radius 3 is 2.95 bits per heavy atom. The smallest absolute Gasteiger partial charge is 0.345 e. The molecule has 2 heterocycles. The predicted molar refractivity (Wildman–Crippen MR) is 59.8 cm³/mol. The Morgan fingerprint density at radius 1 is 1.63 bits per heavy atom. The van der Waals surface area contributed by atoms with E-state index in [4.69, 9.17) is 5.73 Å². The molecule has 7 nitrogen and oxygen atoms in total. The Balaban J connectivity index is 2.21. The van der Waals surface area contributed by atoms with Crippen LogP contribution in [0.5, 0.6) is 0 Å². The minimum atomic E-state index is -2.85. The molecule has 0 aliphatic carbocycles. The lowest BCUT2D eigenvalue weighted by atomic mass is 10.2. The lowest BCUT2D eigenvalue weighted by molar-refractivity contribution is -0.137. The fraction of sp³-hybridized carbons (Fsp3) is 0.300. The van der Waals surface area contributed by atoms with Crippen molar-refractivity contribution in [3.63, 3.8) is 0 Å². The summed E-state index contributed by atoms with van der Waals surface area (Å²) in [5.41, 5.74) is 6.32. The van der Waals surface area contributed by atoms with E-state index in [2.05, 4.69) is 20.0 Å². The molecule has 2 aromatic rings. The van der Waals surface area contributed by atoms with E-state index in [0.717, 1.165) is 0 Å². The van der Waals surface area contributed by atoms with Gasteiger partial charge in [-0.3, -0.25) is 9.89 Å². The van der Waals surface area contributed by atoms with Gasteiger partial charge in [-0.1, -0.05) is 0 Å². The van der Waals surface area contributed by atoms with Crippen molar-refractivity contribution >= 4 is 5.91 Å². The number of ether oxygens (including phenoxy) is 1. The van der Waals surface area contributed by atoms with Crippen molar-refractivity contribution in [1.29, 1.82) is 0 Å². The molecule has 0 fully saturated rings. The molecule has 0 atom stereocenters. The van der Waals surface area contributed by atoms with Crippen molar-refractivity contribution in [3.8, 4) is 5.82 Å². The minimum absolute atomic E-state index is 0.272. The first kappa shape index (κ1) is 13.1. The Morgan fingerprint density at radius 2 is 2.37 bits per heavy atom. The number of H-pyrrole nitrogens is 1. The number of carbonyl (C=O) groups excluding carboxylic acids is 1. The first-order valence-corrected chi connectivity index (χ1v) is 5.28. The van der Waals surface area contributed by atoms with Gasteiger partial charge in [-0.25, -0.2) is 4.68 Å². The summed E-state index contributed by atoms with van der Waals surface area (Å²) < 4.78 is 29.3. The number of nitrogens with one attached hydrogen (secondary N) is 1. The Labute approximate surface area is 106 Å². The molecule has 0 saturated carbocycles. The average molecular weight is 271 g/mol. The van der Waals surface area contributed by atoms with Crippen LogP contribution in [0.3, 0.4) is 0 Å². The van der Waals surface area contributed by atoms with Crippen molar-refractivity contribution in [3.05, 3.63) is 29.2 Å². The summed E-state index contributed by atoms with van der Waals surface area (Å²) in [6.45, 7) is -1.50. The number of hydrogen-bond donors (Lipinski definition) is 2. The molecule has 3 N–H and O–H groups in total. The summed E-state index contributed by atoms with van der Waals surface area (Å²) in [4.78, 5) is 11.1. The number of amides is 1. The lowest BCUT2D eigenvalue weighted by Gasteiger charge is -1.99. The molecular formula is C10H11F2N5O2. The van der Waals surface area contributed by atoms with E-state index in [-0.39, 0.29) is 12.2 Å². The maximum absolute atomic E-state index is 11.9. The van der Waals surface area contributed by atoms with Crippen LogP contribution in [0.25, 0.3) is 5.82 Å². The summed E-state index contributed by atoms with van der Waals surface area (Å²) >= 11 is 0. The molecule has 0 aliphatic rings. The molecule has 0 aromatic carbocycles. The molecule has 102 valence electrons. The van der Waals surface area contributed by atoms with Crippen LogP contribution in [0.2, 0.25) is 0 Å². The van der Waals surface area contributed by atoms with Gasteiger partial charge in [0.2, 0.25) is 0 Å². The highest BCUT2D eigenvalue weighted by molar-refractivity contribution is 5.93. The van der Waals surface area contributed by atoms with Crippen LogP contribution < -0.4 is 5.73 Å². The van der Waals surface area contributed by atoms with Gasteiger partial charge in [-0.05, 0) is 6.92 Å². The van der Waals surface area contributed by atoms with Gasteiger partial charge in [0.25, 0.3) is 5.91 Å². The van der Waals surface area contributed by atoms with E-state index >= 15 is 0 Å². The van der Waals surface area contributed by atoms with Crippen molar-refractivity contribution in [1.82, 2.24) is 20.0 Å². The molecule has 0 saturated heterocycles. The third-order valence-electron chi connectivity index (χ3n) is 2.47. The Bertz CT molecular complexity index is 593. The molecule has 19 heavy (non-hydrogen) atoms. The van der Waals surface area contributed by atoms with Gasteiger partial charge >= 0.3 is 6.61 Å². The van der Waals surface area contributed by atoms with Gasteiger partial charge in [-0.2, -0.15) is 19.0 Å². The van der Waals surface area contributed by atoms with Gasteiger partial charge in [0.15, 0.2) is 5.82 Å². The largest absolute Gasteiger partial charge is 0.365 e. The second kappa shape index (κ2) is 5.14. The van der Waals surface area contributed by atoms with Crippen molar-refractivity contribution < 1.29 is 18.3 Å². The highest BCUT2D eigenvalue weighted by Gasteiger charge is 2.14. The standard InChI is InChI=1S/C10H11F2N5O2/c1-5-7(9(13)18)3-14-17(5)8-2-6(15-16-8)4-19-10(11)12/h2-3,10H,4H2,1H3,(H2,13,18)(H,15,16). The molecule has 2 rings (SSSR count). The minimum Gasteiger partial charge on any atom is -0.365 e. The van der Waals surface area contributed by atoms with Gasteiger partial charge < -0.3 is 10.5 Å². The lowest BCUT2D eigenvalue weighted by Crippen LogP contribution is -2.12. The number of carbonyl (C=O) groups is 1. The number of alkyl halides is 2. The normalized spacial score (nSPS) is 11.2. The molecule has 2 aromatic heterocycles. The number of aromatic amines is 1.